The van der Waals surface area contributed by atoms with Crippen LogP contribution in [0.2, 0.25) is 0 Å². The largest absolute Gasteiger partial charge is 0.363 e. The summed E-state index contributed by atoms with van der Waals surface area (Å²) in [4.78, 5) is 28.3. The Kier molecular flexibility index (Phi) is 6.46. The number of nitro benzene ring substituents is 1. The molecule has 204 valence electrons. The van der Waals surface area contributed by atoms with Gasteiger partial charge in [0.15, 0.2) is 5.78 Å². The van der Waals surface area contributed by atoms with Crippen LogP contribution in [0.4, 0.5) is 11.4 Å². The van der Waals surface area contributed by atoms with E-state index in [0.717, 1.165) is 34.4 Å². The first kappa shape index (κ1) is 26.5. The van der Waals surface area contributed by atoms with Crippen molar-refractivity contribution in [3.8, 4) is 0 Å². The zero-order valence-electron chi connectivity index (χ0n) is 23.5. The van der Waals surface area contributed by atoms with Gasteiger partial charge in [-0.15, -0.1) is 0 Å². The van der Waals surface area contributed by atoms with E-state index in [2.05, 4.69) is 74.3 Å². The fourth-order valence-electron chi connectivity index (χ4n) is 7.04. The number of ketones is 1. The number of Topliss-reactive ketones (excluding diaryl/α,β-unsaturated/α-hetero) is 1. The lowest BCUT2D eigenvalue weighted by molar-refractivity contribution is -0.384. The highest BCUT2D eigenvalue weighted by Crippen LogP contribution is 2.61. The summed E-state index contributed by atoms with van der Waals surface area (Å²) in [5, 5.41) is 11.5. The minimum atomic E-state index is -0.755. The molecule has 0 N–H and O–H groups in total. The fourth-order valence-corrected chi connectivity index (χ4v) is 7.04. The Balaban J connectivity index is 1.69. The third-order valence-electron chi connectivity index (χ3n) is 9.28. The van der Waals surface area contributed by atoms with Crippen molar-refractivity contribution in [1.82, 2.24) is 0 Å². The Morgan fingerprint density at radius 3 is 2.10 bits per heavy atom. The maximum Gasteiger partial charge on any atom is 0.269 e. The van der Waals surface area contributed by atoms with Crippen LogP contribution in [0.3, 0.4) is 0 Å². The van der Waals surface area contributed by atoms with E-state index in [4.69, 9.17) is 0 Å². The number of fused-ring (bicyclic) bond motifs is 1. The molecule has 1 aliphatic carbocycles. The molecule has 5 nitrogen and oxygen atoms in total. The number of rotatable bonds is 6. The van der Waals surface area contributed by atoms with Gasteiger partial charge in [-0.05, 0) is 64.6 Å². The lowest BCUT2D eigenvalue weighted by atomic mass is 9.55. The van der Waals surface area contributed by atoms with E-state index >= 15 is 0 Å². The van der Waals surface area contributed by atoms with Gasteiger partial charge in [-0.3, -0.25) is 14.9 Å². The van der Waals surface area contributed by atoms with Crippen LogP contribution in [0.1, 0.15) is 47.3 Å². The maximum atomic E-state index is 14.9. The van der Waals surface area contributed by atoms with Crippen LogP contribution in [0, 0.1) is 16.0 Å². The summed E-state index contributed by atoms with van der Waals surface area (Å²) in [7, 11) is 2.10. The molecule has 0 fully saturated rings. The number of likely N-dealkylation sites (N-methyl/N-ethyl adjacent to an activating group) is 1. The summed E-state index contributed by atoms with van der Waals surface area (Å²) in [5.41, 5.74) is 5.54. The number of nitrogens with zero attached hydrogens (tertiary/aromatic N) is 2. The number of carbonyl (C=O) groups excluding carboxylic acids is 1. The standard InChI is InChI=1S/C36H32N2O3/c1-4-35(2)31-17-11-12-18-32(31)37(3)36(35)24-28(25-13-7-5-8-14-25)23-30(26-19-21-29(22-20-26)38(40)41)33(36)34(39)27-15-9-6-10-16-27/h5-24,33H,4H2,1-3H3/t33-,35-,36-/m0/s1. The smallest absolute Gasteiger partial charge is 0.269 e. The molecule has 4 aromatic rings. The van der Waals surface area contributed by atoms with E-state index in [0.29, 0.717) is 5.56 Å². The van der Waals surface area contributed by atoms with E-state index < -0.39 is 21.8 Å². The quantitative estimate of drug-likeness (QED) is 0.141. The molecular formula is C36H32N2O3. The van der Waals surface area contributed by atoms with E-state index in [1.54, 1.807) is 12.1 Å². The molecule has 0 bridgehead atoms. The topological polar surface area (TPSA) is 63.4 Å². The molecular weight excluding hydrogens is 508 g/mol. The number of anilines is 1. The molecule has 0 unspecified atom stereocenters. The van der Waals surface area contributed by atoms with Crippen molar-refractivity contribution in [2.45, 2.75) is 31.2 Å². The zero-order valence-corrected chi connectivity index (χ0v) is 23.5. The van der Waals surface area contributed by atoms with Crippen molar-refractivity contribution in [3.05, 3.63) is 154 Å². The molecule has 0 saturated carbocycles. The highest BCUT2D eigenvalue weighted by Gasteiger charge is 2.63. The first-order chi connectivity index (χ1) is 19.8. The number of nitro groups is 1. The van der Waals surface area contributed by atoms with Gasteiger partial charge in [0.1, 0.15) is 0 Å². The van der Waals surface area contributed by atoms with Gasteiger partial charge in [-0.2, -0.15) is 0 Å². The number of benzene rings is 4. The average Bonchev–Trinajstić information content (AvgIpc) is 3.21. The van der Waals surface area contributed by atoms with Crippen molar-refractivity contribution >= 4 is 28.3 Å². The monoisotopic (exact) mass is 540 g/mol. The minimum Gasteiger partial charge on any atom is -0.363 e. The normalized spacial score (nSPS) is 23.1. The van der Waals surface area contributed by atoms with Crippen LogP contribution in [0.15, 0.2) is 121 Å². The van der Waals surface area contributed by atoms with E-state index in [9.17, 15) is 14.9 Å². The molecule has 0 aromatic heterocycles. The first-order valence-electron chi connectivity index (χ1n) is 14.0. The van der Waals surface area contributed by atoms with Crippen molar-refractivity contribution in [3.63, 3.8) is 0 Å². The van der Waals surface area contributed by atoms with Crippen LogP contribution < -0.4 is 4.90 Å². The van der Waals surface area contributed by atoms with Crippen LogP contribution in [0.5, 0.6) is 0 Å². The number of hydrogen-bond acceptors (Lipinski definition) is 4. The van der Waals surface area contributed by atoms with Crippen molar-refractivity contribution in [1.29, 1.82) is 0 Å². The van der Waals surface area contributed by atoms with Gasteiger partial charge in [-0.25, -0.2) is 0 Å². The summed E-state index contributed by atoms with van der Waals surface area (Å²) in [5.74, 6) is -0.556. The molecule has 0 amide bonds. The molecule has 0 saturated heterocycles. The summed E-state index contributed by atoms with van der Waals surface area (Å²) in [6.07, 6.45) is 5.23. The summed E-state index contributed by atoms with van der Waals surface area (Å²) >= 11 is 0. The Hall–Kier alpha value is -4.77. The van der Waals surface area contributed by atoms with E-state index in [1.807, 2.05) is 48.5 Å². The Labute approximate surface area is 240 Å². The molecule has 3 atom stereocenters. The van der Waals surface area contributed by atoms with Gasteiger partial charge in [0.2, 0.25) is 0 Å². The van der Waals surface area contributed by atoms with Gasteiger partial charge in [-0.1, -0.05) is 92.7 Å². The fraction of sp³-hybridized carbons (Fsp3) is 0.194. The molecule has 1 aliphatic heterocycles. The van der Waals surface area contributed by atoms with E-state index in [1.165, 1.54) is 17.7 Å². The molecule has 5 heteroatoms. The number of non-ortho nitro benzene ring substituents is 1. The lowest BCUT2D eigenvalue weighted by Gasteiger charge is -2.53. The molecule has 1 heterocycles. The Morgan fingerprint density at radius 2 is 1.46 bits per heavy atom. The maximum absolute atomic E-state index is 14.9. The van der Waals surface area contributed by atoms with E-state index in [-0.39, 0.29) is 11.5 Å². The highest BCUT2D eigenvalue weighted by molar-refractivity contribution is 6.10. The van der Waals surface area contributed by atoms with Gasteiger partial charge >= 0.3 is 0 Å². The summed E-state index contributed by atoms with van der Waals surface area (Å²) in [6, 6.07) is 34.8. The van der Waals surface area contributed by atoms with Gasteiger partial charge in [0.25, 0.3) is 5.69 Å². The Bertz CT molecular complexity index is 1690. The predicted molar refractivity (Wildman–Crippen MR) is 165 cm³/mol. The van der Waals surface area contributed by atoms with Gasteiger partial charge in [0, 0.05) is 35.8 Å². The molecule has 1 spiro atoms. The first-order valence-corrected chi connectivity index (χ1v) is 14.0. The second kappa shape index (κ2) is 10.0. The van der Waals surface area contributed by atoms with Gasteiger partial charge < -0.3 is 4.90 Å². The summed E-state index contributed by atoms with van der Waals surface area (Å²) in [6.45, 7) is 4.47. The van der Waals surface area contributed by atoms with Crippen molar-refractivity contribution in [2.75, 3.05) is 11.9 Å². The number of carbonyl (C=O) groups is 1. The molecule has 2 aliphatic rings. The Morgan fingerprint density at radius 1 is 0.854 bits per heavy atom. The second-order valence-electron chi connectivity index (χ2n) is 11.1. The summed E-state index contributed by atoms with van der Waals surface area (Å²) < 4.78 is 0. The van der Waals surface area contributed by atoms with Crippen LogP contribution >= 0.6 is 0 Å². The van der Waals surface area contributed by atoms with Crippen molar-refractivity contribution < 1.29 is 9.72 Å². The minimum absolute atomic E-state index is 0.0217. The predicted octanol–water partition coefficient (Wildman–Crippen LogP) is 8.13. The molecule has 6 rings (SSSR count). The van der Waals surface area contributed by atoms with Crippen molar-refractivity contribution in [2.24, 2.45) is 5.92 Å². The third kappa shape index (κ3) is 3.95. The van der Waals surface area contributed by atoms with Crippen LogP contribution in [-0.4, -0.2) is 23.3 Å². The SMILES string of the molecule is CC[C@@]1(C)c2ccccc2N(C)[C@]12C=C(c1ccccc1)C=C(c1ccc([N+](=O)[O-])cc1)[C@H]2C(=O)c1ccccc1. The molecule has 4 aromatic carbocycles. The second-order valence-corrected chi connectivity index (χ2v) is 11.1. The lowest BCUT2D eigenvalue weighted by Crippen LogP contribution is -2.62. The van der Waals surface area contributed by atoms with Gasteiger partial charge in [0.05, 0.1) is 16.4 Å². The molecule has 41 heavy (non-hydrogen) atoms. The average molecular weight is 541 g/mol. The number of para-hydroxylation sites is 1. The number of allylic oxidation sites excluding steroid dienone is 2. The third-order valence-corrected chi connectivity index (χ3v) is 9.28. The number of hydrogen-bond donors (Lipinski definition) is 0. The van der Waals surface area contributed by atoms with Crippen LogP contribution in [0.25, 0.3) is 11.1 Å². The highest BCUT2D eigenvalue weighted by atomic mass is 16.6. The van der Waals surface area contributed by atoms with Crippen LogP contribution in [-0.2, 0) is 5.41 Å². The molecule has 0 radical (unpaired) electrons. The zero-order chi connectivity index (χ0) is 28.8.